The van der Waals surface area contributed by atoms with Crippen molar-refractivity contribution in [1.29, 1.82) is 0 Å². The maximum Gasteiger partial charge on any atom is 0.248 e. The van der Waals surface area contributed by atoms with Crippen molar-refractivity contribution in [2.75, 3.05) is 31.3 Å². The number of ether oxygens (including phenoxy) is 1. The molecule has 1 atom stereocenters. The molecule has 0 N–H and O–H groups in total. The van der Waals surface area contributed by atoms with Crippen molar-refractivity contribution in [2.45, 2.75) is 19.9 Å². The summed E-state index contributed by atoms with van der Waals surface area (Å²) in [5, 5.41) is 0. The van der Waals surface area contributed by atoms with Crippen LogP contribution >= 0.6 is 11.8 Å². The van der Waals surface area contributed by atoms with Gasteiger partial charge in [-0.3, -0.25) is 4.79 Å². The lowest BCUT2D eigenvalue weighted by atomic mass is 10.3. The zero-order valence-corrected chi connectivity index (χ0v) is 9.10. The van der Waals surface area contributed by atoms with E-state index in [1.54, 1.807) is 0 Å². The molecule has 76 valence electrons. The quantitative estimate of drug-likeness (QED) is 0.685. The maximum atomic E-state index is 11.6. The summed E-state index contributed by atoms with van der Waals surface area (Å²) in [7, 11) is 0. The fourth-order valence-corrected chi connectivity index (χ4v) is 2.38. The van der Waals surface area contributed by atoms with Crippen molar-refractivity contribution in [2.24, 2.45) is 0 Å². The minimum atomic E-state index is 0.134. The number of amides is 1. The van der Waals surface area contributed by atoms with E-state index < -0.39 is 0 Å². The number of carbonyl (C=O) groups excluding carboxylic acids is 1. The van der Waals surface area contributed by atoms with E-state index in [1.807, 2.05) is 23.6 Å². The second-order valence-electron chi connectivity index (χ2n) is 3.15. The van der Waals surface area contributed by atoms with E-state index in [9.17, 15) is 4.79 Å². The highest BCUT2D eigenvalue weighted by molar-refractivity contribution is 7.99. The van der Waals surface area contributed by atoms with Gasteiger partial charge in [-0.1, -0.05) is 0 Å². The summed E-state index contributed by atoms with van der Waals surface area (Å²) < 4.78 is 5.10. The molecule has 1 unspecified atom stereocenters. The average Bonchev–Trinajstić information content (AvgIpc) is 2.15. The van der Waals surface area contributed by atoms with Gasteiger partial charge in [0.2, 0.25) is 5.91 Å². The van der Waals surface area contributed by atoms with Gasteiger partial charge in [0, 0.05) is 30.7 Å². The summed E-state index contributed by atoms with van der Waals surface area (Å²) in [6.07, 6.45) is 0. The molecule has 1 rings (SSSR count). The van der Waals surface area contributed by atoms with Gasteiger partial charge >= 0.3 is 0 Å². The molecule has 0 bridgehead atoms. The minimum Gasteiger partial charge on any atom is -0.372 e. The Morgan fingerprint density at radius 2 is 2.46 bits per heavy atom. The van der Waals surface area contributed by atoms with E-state index in [2.05, 4.69) is 6.92 Å². The highest BCUT2D eigenvalue weighted by atomic mass is 32.2. The Hall–Kier alpha value is -0.220. The molecule has 3 nitrogen and oxygen atoms in total. The molecule has 1 saturated heterocycles. The van der Waals surface area contributed by atoms with Crippen LogP contribution in [0.15, 0.2) is 0 Å². The normalized spacial score (nSPS) is 23.2. The molecule has 0 aromatic rings. The summed E-state index contributed by atoms with van der Waals surface area (Å²) in [6.45, 7) is 5.73. The van der Waals surface area contributed by atoms with Crippen molar-refractivity contribution in [1.82, 2.24) is 4.90 Å². The van der Waals surface area contributed by atoms with Gasteiger partial charge in [-0.05, 0) is 13.8 Å². The van der Waals surface area contributed by atoms with Crippen molar-refractivity contribution >= 4 is 17.7 Å². The molecule has 0 aromatic heterocycles. The van der Waals surface area contributed by atoms with Crippen LogP contribution in [0.4, 0.5) is 0 Å². The number of hydrogen-bond acceptors (Lipinski definition) is 3. The summed E-state index contributed by atoms with van der Waals surface area (Å²) in [6, 6.07) is 0.367. The van der Waals surface area contributed by atoms with Crippen LogP contribution in [0.25, 0.3) is 0 Å². The molecule has 0 spiro atoms. The van der Waals surface area contributed by atoms with Gasteiger partial charge in [0.25, 0.3) is 0 Å². The Morgan fingerprint density at radius 3 is 3.08 bits per heavy atom. The predicted octanol–water partition coefficient (Wildman–Crippen LogP) is 0.987. The van der Waals surface area contributed by atoms with Crippen molar-refractivity contribution in [3.8, 4) is 0 Å². The fourth-order valence-electron chi connectivity index (χ4n) is 1.37. The lowest BCUT2D eigenvalue weighted by molar-refractivity contribution is -0.137. The van der Waals surface area contributed by atoms with Gasteiger partial charge in [-0.25, -0.2) is 0 Å². The molecule has 0 saturated carbocycles. The van der Waals surface area contributed by atoms with Crippen molar-refractivity contribution in [3.05, 3.63) is 0 Å². The molecule has 1 aliphatic heterocycles. The van der Waals surface area contributed by atoms with Crippen LogP contribution in [0.5, 0.6) is 0 Å². The first-order valence-electron chi connectivity index (χ1n) is 4.70. The SMILES string of the molecule is CCOCC(=O)N1CCSCC1C. The van der Waals surface area contributed by atoms with Gasteiger partial charge in [0.05, 0.1) is 0 Å². The topological polar surface area (TPSA) is 29.5 Å². The van der Waals surface area contributed by atoms with Crippen LogP contribution in [-0.4, -0.2) is 48.1 Å². The third-order valence-electron chi connectivity index (χ3n) is 2.12. The minimum absolute atomic E-state index is 0.134. The van der Waals surface area contributed by atoms with Gasteiger partial charge in [0.1, 0.15) is 6.61 Å². The number of carbonyl (C=O) groups is 1. The molecule has 1 heterocycles. The second-order valence-corrected chi connectivity index (χ2v) is 4.30. The Morgan fingerprint density at radius 1 is 1.69 bits per heavy atom. The molecule has 1 aliphatic rings. The second kappa shape index (κ2) is 5.50. The summed E-state index contributed by atoms with van der Waals surface area (Å²) in [5.74, 6) is 2.25. The van der Waals surface area contributed by atoms with E-state index in [0.29, 0.717) is 12.6 Å². The van der Waals surface area contributed by atoms with Gasteiger partial charge in [-0.2, -0.15) is 11.8 Å². The van der Waals surface area contributed by atoms with Crippen LogP contribution in [0.1, 0.15) is 13.8 Å². The monoisotopic (exact) mass is 203 g/mol. The number of nitrogens with zero attached hydrogens (tertiary/aromatic N) is 1. The molecule has 13 heavy (non-hydrogen) atoms. The summed E-state index contributed by atoms with van der Waals surface area (Å²) in [4.78, 5) is 13.5. The van der Waals surface area contributed by atoms with Gasteiger partial charge < -0.3 is 9.64 Å². The first-order valence-corrected chi connectivity index (χ1v) is 5.86. The molecule has 4 heteroatoms. The van der Waals surface area contributed by atoms with Gasteiger partial charge in [0.15, 0.2) is 0 Å². The molecular formula is C9H17NO2S. The fraction of sp³-hybridized carbons (Fsp3) is 0.889. The highest BCUT2D eigenvalue weighted by Crippen LogP contribution is 2.15. The van der Waals surface area contributed by atoms with Crippen LogP contribution in [-0.2, 0) is 9.53 Å². The van der Waals surface area contributed by atoms with Crippen molar-refractivity contribution in [3.63, 3.8) is 0 Å². The standard InChI is InChI=1S/C9H17NO2S/c1-3-12-6-9(11)10-4-5-13-7-8(10)2/h8H,3-7H2,1-2H3. The number of rotatable bonds is 3. The zero-order chi connectivity index (χ0) is 9.68. The zero-order valence-electron chi connectivity index (χ0n) is 8.28. The third-order valence-corrected chi connectivity index (χ3v) is 3.31. The van der Waals surface area contributed by atoms with E-state index in [0.717, 1.165) is 18.1 Å². The Kier molecular flexibility index (Phi) is 4.59. The molecule has 0 radical (unpaired) electrons. The number of thioether (sulfide) groups is 1. The smallest absolute Gasteiger partial charge is 0.248 e. The molecule has 0 aromatic carbocycles. The van der Waals surface area contributed by atoms with Crippen LogP contribution in [0, 0.1) is 0 Å². The van der Waals surface area contributed by atoms with Crippen LogP contribution < -0.4 is 0 Å². The molecule has 0 aliphatic carbocycles. The molecular weight excluding hydrogens is 186 g/mol. The summed E-state index contributed by atoms with van der Waals surface area (Å²) in [5.41, 5.74) is 0. The maximum absolute atomic E-state index is 11.6. The number of hydrogen-bond donors (Lipinski definition) is 0. The summed E-state index contributed by atoms with van der Waals surface area (Å²) >= 11 is 1.91. The highest BCUT2D eigenvalue weighted by Gasteiger charge is 2.22. The van der Waals surface area contributed by atoms with E-state index in [4.69, 9.17) is 4.74 Å². The van der Waals surface area contributed by atoms with E-state index in [-0.39, 0.29) is 12.5 Å². The van der Waals surface area contributed by atoms with E-state index in [1.165, 1.54) is 0 Å². The van der Waals surface area contributed by atoms with Crippen LogP contribution in [0.2, 0.25) is 0 Å². The van der Waals surface area contributed by atoms with Gasteiger partial charge in [-0.15, -0.1) is 0 Å². The largest absolute Gasteiger partial charge is 0.372 e. The molecule has 1 amide bonds. The third kappa shape index (κ3) is 3.19. The average molecular weight is 203 g/mol. The lowest BCUT2D eigenvalue weighted by Gasteiger charge is -2.32. The van der Waals surface area contributed by atoms with Crippen LogP contribution in [0.3, 0.4) is 0 Å². The van der Waals surface area contributed by atoms with Crippen molar-refractivity contribution < 1.29 is 9.53 Å². The Bertz CT molecular complexity index is 175. The van der Waals surface area contributed by atoms with E-state index >= 15 is 0 Å². The molecule has 1 fully saturated rings. The Balaban J connectivity index is 2.35. The lowest BCUT2D eigenvalue weighted by Crippen LogP contribution is -2.46. The predicted molar refractivity (Wildman–Crippen MR) is 55.0 cm³/mol. The first-order chi connectivity index (χ1) is 6.25. The first kappa shape index (κ1) is 10.9. The Labute approximate surface area is 83.8 Å².